The van der Waals surface area contributed by atoms with Crippen molar-refractivity contribution in [3.63, 3.8) is 0 Å². The Hall–Kier alpha value is -2.57. The van der Waals surface area contributed by atoms with E-state index in [2.05, 4.69) is 15.3 Å². The molecule has 0 aliphatic heterocycles. The van der Waals surface area contributed by atoms with Crippen LogP contribution in [-0.2, 0) is 9.59 Å². The molecule has 19 heavy (non-hydrogen) atoms. The molecule has 100 valence electrons. The maximum absolute atomic E-state index is 10.9. The van der Waals surface area contributed by atoms with Crippen LogP contribution in [0.4, 0.5) is 5.69 Å². The molecule has 1 unspecified atom stereocenters. The Labute approximate surface area is 108 Å². The van der Waals surface area contributed by atoms with E-state index in [1.165, 1.54) is 0 Å². The summed E-state index contributed by atoms with van der Waals surface area (Å²) in [6, 6.07) is 5.35. The molecule has 0 saturated heterocycles. The Morgan fingerprint density at radius 3 is 2.84 bits per heavy atom. The summed E-state index contributed by atoms with van der Waals surface area (Å²) in [5.41, 5.74) is 2.36. The van der Waals surface area contributed by atoms with Crippen LogP contribution in [0.25, 0.3) is 11.0 Å². The van der Waals surface area contributed by atoms with Crippen LogP contribution in [0.2, 0.25) is 0 Å². The Morgan fingerprint density at radius 2 is 2.16 bits per heavy atom. The normalized spacial score (nSPS) is 12.2. The fourth-order valence-corrected chi connectivity index (χ4v) is 1.74. The SMILES string of the molecule is O=C(O)CC(CNc1ccc2nc[nH]c2c1)C(=O)O. The molecule has 1 aromatic heterocycles. The zero-order valence-corrected chi connectivity index (χ0v) is 9.96. The summed E-state index contributed by atoms with van der Waals surface area (Å²) in [6.45, 7) is 0.0568. The van der Waals surface area contributed by atoms with Crippen LogP contribution in [0.5, 0.6) is 0 Å². The van der Waals surface area contributed by atoms with E-state index in [9.17, 15) is 9.59 Å². The van der Waals surface area contributed by atoms with Crippen molar-refractivity contribution in [1.82, 2.24) is 9.97 Å². The zero-order valence-electron chi connectivity index (χ0n) is 9.96. The monoisotopic (exact) mass is 263 g/mol. The predicted octanol–water partition coefficient (Wildman–Crippen LogP) is 1.15. The third-order valence-corrected chi connectivity index (χ3v) is 2.74. The lowest BCUT2D eigenvalue weighted by atomic mass is 10.1. The summed E-state index contributed by atoms with van der Waals surface area (Å²) < 4.78 is 0. The van der Waals surface area contributed by atoms with Gasteiger partial charge in [-0.05, 0) is 18.2 Å². The molecule has 0 amide bonds. The van der Waals surface area contributed by atoms with E-state index >= 15 is 0 Å². The van der Waals surface area contributed by atoms with Gasteiger partial charge in [-0.3, -0.25) is 9.59 Å². The minimum Gasteiger partial charge on any atom is -0.481 e. The number of hydrogen-bond acceptors (Lipinski definition) is 4. The van der Waals surface area contributed by atoms with Gasteiger partial charge in [0.2, 0.25) is 0 Å². The van der Waals surface area contributed by atoms with Crippen molar-refractivity contribution in [3.05, 3.63) is 24.5 Å². The summed E-state index contributed by atoms with van der Waals surface area (Å²) in [4.78, 5) is 28.5. The average Bonchev–Trinajstić information content (AvgIpc) is 2.80. The lowest BCUT2D eigenvalue weighted by molar-refractivity contribution is -0.147. The molecule has 2 aromatic rings. The molecule has 0 aliphatic carbocycles. The number of aromatic amines is 1. The number of carboxylic acid groups (broad SMARTS) is 2. The van der Waals surface area contributed by atoms with Gasteiger partial charge < -0.3 is 20.5 Å². The van der Waals surface area contributed by atoms with Crippen LogP contribution in [0, 0.1) is 5.92 Å². The molecule has 7 nitrogen and oxygen atoms in total. The summed E-state index contributed by atoms with van der Waals surface area (Å²) in [5.74, 6) is -3.22. The van der Waals surface area contributed by atoms with Crippen LogP contribution in [0.15, 0.2) is 24.5 Å². The molecule has 4 N–H and O–H groups in total. The third-order valence-electron chi connectivity index (χ3n) is 2.74. The van der Waals surface area contributed by atoms with Gasteiger partial charge in [0.05, 0.1) is 29.7 Å². The summed E-state index contributed by atoms with van der Waals surface area (Å²) in [6.07, 6.45) is 1.16. The van der Waals surface area contributed by atoms with Gasteiger partial charge in [-0.25, -0.2) is 4.98 Å². The highest BCUT2D eigenvalue weighted by atomic mass is 16.4. The molecule has 1 heterocycles. The van der Waals surface area contributed by atoms with E-state index in [-0.39, 0.29) is 6.54 Å². The lowest BCUT2D eigenvalue weighted by Crippen LogP contribution is -2.25. The largest absolute Gasteiger partial charge is 0.481 e. The average molecular weight is 263 g/mol. The van der Waals surface area contributed by atoms with Gasteiger partial charge in [0.15, 0.2) is 0 Å². The van der Waals surface area contributed by atoms with Crippen molar-refractivity contribution in [2.75, 3.05) is 11.9 Å². The maximum Gasteiger partial charge on any atom is 0.308 e. The number of fused-ring (bicyclic) bond motifs is 1. The first-order valence-electron chi connectivity index (χ1n) is 5.68. The van der Waals surface area contributed by atoms with Crippen LogP contribution in [0.3, 0.4) is 0 Å². The van der Waals surface area contributed by atoms with Crippen molar-refractivity contribution in [3.8, 4) is 0 Å². The molecule has 2 rings (SSSR count). The number of H-pyrrole nitrogens is 1. The Bertz CT molecular complexity index is 608. The minimum atomic E-state index is -1.13. The van der Waals surface area contributed by atoms with Crippen molar-refractivity contribution >= 4 is 28.7 Å². The van der Waals surface area contributed by atoms with E-state index in [0.717, 1.165) is 11.0 Å². The third kappa shape index (κ3) is 3.21. The second-order valence-electron chi connectivity index (χ2n) is 4.15. The molecule has 0 saturated carbocycles. The Balaban J connectivity index is 2.03. The first-order valence-corrected chi connectivity index (χ1v) is 5.68. The molecule has 1 aromatic carbocycles. The molecule has 0 spiro atoms. The Kier molecular flexibility index (Phi) is 3.65. The smallest absolute Gasteiger partial charge is 0.308 e. The van der Waals surface area contributed by atoms with E-state index in [1.54, 1.807) is 24.5 Å². The first kappa shape index (κ1) is 12.9. The second-order valence-corrected chi connectivity index (χ2v) is 4.15. The minimum absolute atomic E-state index is 0.0568. The lowest BCUT2D eigenvalue weighted by Gasteiger charge is -2.12. The van der Waals surface area contributed by atoms with Crippen molar-refractivity contribution < 1.29 is 19.8 Å². The van der Waals surface area contributed by atoms with Gasteiger partial charge in [-0.15, -0.1) is 0 Å². The van der Waals surface area contributed by atoms with Gasteiger partial charge in [-0.2, -0.15) is 0 Å². The summed E-state index contributed by atoms with van der Waals surface area (Å²) in [7, 11) is 0. The number of nitrogens with zero attached hydrogens (tertiary/aromatic N) is 1. The van der Waals surface area contributed by atoms with Crippen LogP contribution in [-0.4, -0.2) is 38.7 Å². The molecule has 0 aliphatic rings. The highest BCUT2D eigenvalue weighted by Crippen LogP contribution is 2.16. The maximum atomic E-state index is 10.9. The van der Waals surface area contributed by atoms with Gasteiger partial charge in [0.1, 0.15) is 0 Å². The number of benzene rings is 1. The van der Waals surface area contributed by atoms with Gasteiger partial charge in [0, 0.05) is 12.2 Å². The number of rotatable bonds is 6. The highest BCUT2D eigenvalue weighted by Gasteiger charge is 2.20. The van der Waals surface area contributed by atoms with Crippen molar-refractivity contribution in [2.24, 2.45) is 5.92 Å². The van der Waals surface area contributed by atoms with E-state index in [1.807, 2.05) is 0 Å². The fraction of sp³-hybridized carbons (Fsp3) is 0.250. The first-order chi connectivity index (χ1) is 9.06. The molecule has 0 fully saturated rings. The van der Waals surface area contributed by atoms with Crippen LogP contribution in [0.1, 0.15) is 6.42 Å². The number of nitrogens with one attached hydrogen (secondary N) is 2. The molecule has 7 heteroatoms. The standard InChI is InChI=1S/C12H13N3O4/c16-11(17)3-7(12(18)19)5-13-8-1-2-9-10(4-8)15-6-14-9/h1-2,4,6-7,13H,3,5H2,(H,14,15)(H,16,17)(H,18,19). The predicted molar refractivity (Wildman–Crippen MR) is 68.0 cm³/mol. The summed E-state index contributed by atoms with van der Waals surface area (Å²) >= 11 is 0. The molecule has 1 atom stereocenters. The van der Waals surface area contributed by atoms with E-state index in [4.69, 9.17) is 10.2 Å². The topological polar surface area (TPSA) is 115 Å². The molecular formula is C12H13N3O4. The van der Waals surface area contributed by atoms with E-state index in [0.29, 0.717) is 5.69 Å². The number of aromatic nitrogens is 2. The number of carbonyl (C=O) groups is 2. The number of imidazole rings is 1. The van der Waals surface area contributed by atoms with Gasteiger partial charge in [0.25, 0.3) is 0 Å². The van der Waals surface area contributed by atoms with Crippen molar-refractivity contribution in [1.29, 1.82) is 0 Å². The number of anilines is 1. The number of carboxylic acids is 2. The quantitative estimate of drug-likeness (QED) is 0.621. The molecule has 0 bridgehead atoms. The van der Waals surface area contributed by atoms with Crippen molar-refractivity contribution in [2.45, 2.75) is 6.42 Å². The van der Waals surface area contributed by atoms with Crippen LogP contribution < -0.4 is 5.32 Å². The fourth-order valence-electron chi connectivity index (χ4n) is 1.74. The van der Waals surface area contributed by atoms with Crippen LogP contribution >= 0.6 is 0 Å². The highest BCUT2D eigenvalue weighted by molar-refractivity contribution is 5.80. The van der Waals surface area contributed by atoms with E-state index < -0.39 is 24.3 Å². The Morgan fingerprint density at radius 1 is 1.37 bits per heavy atom. The zero-order chi connectivity index (χ0) is 13.8. The van der Waals surface area contributed by atoms with Gasteiger partial charge in [-0.1, -0.05) is 0 Å². The summed E-state index contributed by atoms with van der Waals surface area (Å²) in [5, 5.41) is 20.5. The second kappa shape index (κ2) is 5.38. The number of hydrogen-bond donors (Lipinski definition) is 4. The number of aliphatic carboxylic acids is 2. The molecular weight excluding hydrogens is 250 g/mol. The molecule has 0 radical (unpaired) electrons. The van der Waals surface area contributed by atoms with Gasteiger partial charge >= 0.3 is 11.9 Å².